The second-order valence-electron chi connectivity index (χ2n) is 6.42. The van der Waals surface area contributed by atoms with Gasteiger partial charge in [0, 0.05) is 5.69 Å². The average Bonchev–Trinajstić information content (AvgIpc) is 3.01. The molecule has 1 heterocycles. The van der Waals surface area contributed by atoms with Crippen molar-refractivity contribution >= 4 is 46.5 Å². The van der Waals surface area contributed by atoms with Crippen LogP contribution in [0.4, 0.5) is 14.9 Å². The van der Waals surface area contributed by atoms with Crippen molar-refractivity contribution in [3.05, 3.63) is 58.8 Å². The summed E-state index contributed by atoms with van der Waals surface area (Å²) in [6.45, 7) is -1.04. The molecule has 3 amide bonds. The van der Waals surface area contributed by atoms with E-state index in [1.807, 2.05) is 0 Å². The molecule has 32 heavy (non-hydrogen) atoms. The number of hydrogen-bond donors (Lipinski definition) is 2. The highest BCUT2D eigenvalue weighted by atomic mass is 32.2. The molecule has 0 atom stereocenters. The second-order valence-corrected chi connectivity index (χ2v) is 7.41. The summed E-state index contributed by atoms with van der Waals surface area (Å²) < 4.78 is 23.3. The Kier molecular flexibility index (Phi) is 7.11. The molecular formula is C21H17FN2O7S. The Morgan fingerprint density at radius 1 is 1.16 bits per heavy atom. The van der Waals surface area contributed by atoms with E-state index < -0.39 is 42.0 Å². The van der Waals surface area contributed by atoms with Crippen molar-refractivity contribution in [3.8, 4) is 11.5 Å². The Morgan fingerprint density at radius 2 is 1.88 bits per heavy atom. The van der Waals surface area contributed by atoms with E-state index in [2.05, 4.69) is 5.32 Å². The van der Waals surface area contributed by atoms with E-state index in [4.69, 9.17) is 14.6 Å². The van der Waals surface area contributed by atoms with Gasteiger partial charge in [-0.3, -0.25) is 19.3 Å². The number of amides is 3. The number of methoxy groups -OCH3 is 1. The predicted octanol–water partition coefficient (Wildman–Crippen LogP) is 2.97. The van der Waals surface area contributed by atoms with E-state index in [9.17, 15) is 23.6 Å². The quantitative estimate of drug-likeness (QED) is 0.577. The number of halogens is 1. The summed E-state index contributed by atoms with van der Waals surface area (Å²) >= 11 is 0.678. The van der Waals surface area contributed by atoms with Crippen LogP contribution in [0.5, 0.6) is 11.5 Å². The third kappa shape index (κ3) is 5.64. The van der Waals surface area contributed by atoms with E-state index >= 15 is 0 Å². The van der Waals surface area contributed by atoms with Crippen LogP contribution in [0, 0.1) is 5.82 Å². The van der Waals surface area contributed by atoms with Crippen molar-refractivity contribution in [2.45, 2.75) is 0 Å². The van der Waals surface area contributed by atoms with Crippen LogP contribution in [0.1, 0.15) is 5.56 Å². The Bertz CT molecular complexity index is 1100. The number of hydrogen-bond acceptors (Lipinski definition) is 7. The molecule has 2 aromatic carbocycles. The number of carboxylic acid groups (broad SMARTS) is 1. The molecule has 3 rings (SSSR count). The van der Waals surface area contributed by atoms with Crippen molar-refractivity contribution in [3.63, 3.8) is 0 Å². The van der Waals surface area contributed by atoms with E-state index in [-0.39, 0.29) is 16.4 Å². The number of benzene rings is 2. The number of thioether (sulfide) groups is 1. The molecule has 1 aliphatic rings. The zero-order valence-corrected chi connectivity index (χ0v) is 17.5. The number of imide groups is 1. The van der Waals surface area contributed by atoms with Crippen LogP contribution >= 0.6 is 11.8 Å². The number of anilines is 1. The van der Waals surface area contributed by atoms with Crippen LogP contribution in [0.15, 0.2) is 47.4 Å². The molecule has 1 fully saturated rings. The molecule has 1 aliphatic heterocycles. The van der Waals surface area contributed by atoms with Crippen LogP contribution in [-0.2, 0) is 14.4 Å². The Labute approximate surface area is 185 Å². The normalized spacial score (nSPS) is 14.6. The zero-order valence-electron chi connectivity index (χ0n) is 16.7. The molecule has 0 bridgehead atoms. The minimum absolute atomic E-state index is 0.103. The number of nitrogens with one attached hydrogen (secondary N) is 1. The largest absolute Gasteiger partial charge is 0.493 e. The van der Waals surface area contributed by atoms with Crippen LogP contribution in [-0.4, -0.2) is 53.3 Å². The van der Waals surface area contributed by atoms with Crippen molar-refractivity contribution in [1.29, 1.82) is 0 Å². The lowest BCUT2D eigenvalue weighted by Gasteiger charge is -2.12. The molecule has 0 saturated carbocycles. The van der Waals surface area contributed by atoms with E-state index in [0.717, 1.165) is 4.90 Å². The van der Waals surface area contributed by atoms with Gasteiger partial charge in [0.1, 0.15) is 12.4 Å². The standard InChI is InChI=1S/C21H17FN2O7S/c1-30-16-8-12(2-7-15(16)31-11-19(26)27)9-17-20(28)24(21(29)32-17)10-18(25)23-14-5-3-13(22)4-6-14/h2-9H,10-11H2,1H3,(H,23,25)(H,26,27)/b17-9-. The van der Waals surface area contributed by atoms with E-state index in [1.54, 1.807) is 6.07 Å². The fourth-order valence-electron chi connectivity index (χ4n) is 2.70. The van der Waals surface area contributed by atoms with Crippen LogP contribution in [0.25, 0.3) is 6.08 Å². The summed E-state index contributed by atoms with van der Waals surface area (Å²) in [7, 11) is 1.38. The van der Waals surface area contributed by atoms with Crippen LogP contribution in [0.3, 0.4) is 0 Å². The minimum Gasteiger partial charge on any atom is -0.493 e. The number of nitrogens with zero attached hydrogens (tertiary/aromatic N) is 1. The number of rotatable bonds is 8. The molecule has 166 valence electrons. The Balaban J connectivity index is 1.70. The average molecular weight is 460 g/mol. The topological polar surface area (TPSA) is 122 Å². The van der Waals surface area contributed by atoms with Crippen molar-refractivity contribution in [2.75, 3.05) is 25.6 Å². The van der Waals surface area contributed by atoms with Gasteiger partial charge < -0.3 is 19.9 Å². The van der Waals surface area contributed by atoms with Gasteiger partial charge in [-0.2, -0.15) is 0 Å². The van der Waals surface area contributed by atoms with Gasteiger partial charge in [0.15, 0.2) is 18.1 Å². The first kappa shape index (κ1) is 22.8. The summed E-state index contributed by atoms with van der Waals surface area (Å²) in [5.41, 5.74) is 0.835. The molecule has 0 aromatic heterocycles. The maximum atomic E-state index is 13.0. The van der Waals surface area contributed by atoms with Crippen molar-refractivity contribution in [2.24, 2.45) is 0 Å². The second kappa shape index (κ2) is 9.96. The highest BCUT2D eigenvalue weighted by molar-refractivity contribution is 8.18. The summed E-state index contributed by atoms with van der Waals surface area (Å²) in [5, 5.41) is 10.6. The van der Waals surface area contributed by atoms with Crippen LogP contribution in [0.2, 0.25) is 0 Å². The lowest BCUT2D eigenvalue weighted by atomic mass is 10.2. The van der Waals surface area contributed by atoms with Gasteiger partial charge in [0.05, 0.1) is 12.0 Å². The van der Waals surface area contributed by atoms with Crippen molar-refractivity contribution in [1.82, 2.24) is 4.90 Å². The van der Waals surface area contributed by atoms with Crippen LogP contribution < -0.4 is 14.8 Å². The SMILES string of the molecule is COc1cc(/C=C2\SC(=O)N(CC(=O)Nc3ccc(F)cc3)C2=O)ccc1OCC(=O)O. The zero-order chi connectivity index (χ0) is 23.3. The third-order valence-corrected chi connectivity index (χ3v) is 5.05. The molecule has 2 aromatic rings. The first-order valence-electron chi connectivity index (χ1n) is 9.10. The van der Waals surface area contributed by atoms with E-state index in [0.29, 0.717) is 23.0 Å². The van der Waals surface area contributed by atoms with Gasteiger partial charge in [0.2, 0.25) is 5.91 Å². The molecular weight excluding hydrogens is 443 g/mol. The van der Waals surface area contributed by atoms with Gasteiger partial charge in [-0.15, -0.1) is 0 Å². The monoisotopic (exact) mass is 460 g/mol. The van der Waals surface area contributed by atoms with Gasteiger partial charge in [-0.1, -0.05) is 6.07 Å². The molecule has 0 unspecified atom stereocenters. The fourth-order valence-corrected chi connectivity index (χ4v) is 3.54. The minimum atomic E-state index is -1.15. The molecule has 1 saturated heterocycles. The Hall–Kier alpha value is -3.86. The summed E-state index contributed by atoms with van der Waals surface area (Å²) in [6.07, 6.45) is 1.45. The summed E-state index contributed by atoms with van der Waals surface area (Å²) in [5.74, 6) is -2.40. The maximum Gasteiger partial charge on any atom is 0.341 e. The van der Waals surface area contributed by atoms with E-state index in [1.165, 1.54) is 49.6 Å². The Morgan fingerprint density at radius 3 is 2.53 bits per heavy atom. The number of ether oxygens (including phenoxy) is 2. The molecule has 11 heteroatoms. The van der Waals surface area contributed by atoms with Gasteiger partial charge in [-0.05, 0) is 59.8 Å². The molecule has 0 aliphatic carbocycles. The molecule has 0 spiro atoms. The highest BCUT2D eigenvalue weighted by Crippen LogP contribution is 2.34. The fraction of sp³-hybridized carbons (Fsp3) is 0.143. The van der Waals surface area contributed by atoms with Gasteiger partial charge in [-0.25, -0.2) is 9.18 Å². The summed E-state index contributed by atoms with van der Waals surface area (Å²) in [6, 6.07) is 9.63. The molecule has 0 radical (unpaired) electrons. The first-order chi connectivity index (χ1) is 15.3. The number of aliphatic carboxylic acids is 1. The smallest absolute Gasteiger partial charge is 0.341 e. The number of carbonyl (C=O) groups excluding carboxylic acids is 3. The summed E-state index contributed by atoms with van der Waals surface area (Å²) in [4.78, 5) is 48.6. The predicted molar refractivity (Wildman–Crippen MR) is 114 cm³/mol. The lowest BCUT2D eigenvalue weighted by Crippen LogP contribution is -2.36. The number of carbonyl (C=O) groups is 4. The third-order valence-electron chi connectivity index (χ3n) is 4.14. The molecule has 9 nitrogen and oxygen atoms in total. The molecule has 2 N–H and O–H groups in total. The van der Waals surface area contributed by atoms with Gasteiger partial charge in [0.25, 0.3) is 11.1 Å². The maximum absolute atomic E-state index is 13.0. The first-order valence-corrected chi connectivity index (χ1v) is 9.92. The number of carboxylic acids is 1. The highest BCUT2D eigenvalue weighted by Gasteiger charge is 2.36. The lowest BCUT2D eigenvalue weighted by molar-refractivity contribution is -0.139. The van der Waals surface area contributed by atoms with Gasteiger partial charge >= 0.3 is 5.97 Å². The van der Waals surface area contributed by atoms with Crippen molar-refractivity contribution < 1.29 is 38.1 Å².